The van der Waals surface area contributed by atoms with Crippen LogP contribution in [0.1, 0.15) is 24.5 Å². The minimum absolute atomic E-state index is 0.580. The molecule has 0 saturated heterocycles. The molecule has 4 heteroatoms. The number of fused-ring (bicyclic) bond motifs is 1. The molecule has 0 radical (unpaired) electrons. The topological polar surface area (TPSA) is 41.9 Å². The summed E-state index contributed by atoms with van der Waals surface area (Å²) in [6.45, 7) is 5.38. The Balaban J connectivity index is 1.35. The Morgan fingerprint density at radius 2 is 2.33 bits per heavy atom. The zero-order chi connectivity index (χ0) is 14.5. The van der Waals surface area contributed by atoms with Gasteiger partial charge in [0.05, 0.1) is 6.33 Å². The van der Waals surface area contributed by atoms with Gasteiger partial charge in [0.25, 0.3) is 0 Å². The van der Waals surface area contributed by atoms with E-state index in [0.717, 1.165) is 38.9 Å². The van der Waals surface area contributed by atoms with E-state index in [1.54, 1.807) is 0 Å². The number of anilines is 1. The molecule has 0 amide bonds. The van der Waals surface area contributed by atoms with Crippen LogP contribution in [0.5, 0.6) is 0 Å². The molecule has 21 heavy (non-hydrogen) atoms. The zero-order valence-corrected chi connectivity index (χ0v) is 12.7. The number of imidazole rings is 1. The molecular weight excluding hydrogens is 260 g/mol. The van der Waals surface area contributed by atoms with Crippen LogP contribution < -0.4 is 10.6 Å². The van der Waals surface area contributed by atoms with Gasteiger partial charge in [-0.15, -0.1) is 0 Å². The van der Waals surface area contributed by atoms with Gasteiger partial charge in [-0.1, -0.05) is 12.1 Å². The van der Waals surface area contributed by atoms with Crippen molar-refractivity contribution in [1.29, 1.82) is 0 Å². The molecule has 0 spiro atoms. The molecule has 2 aromatic rings. The highest BCUT2D eigenvalue weighted by atomic mass is 15.0. The second kappa shape index (κ2) is 6.76. The molecule has 1 atom stereocenters. The van der Waals surface area contributed by atoms with Crippen LogP contribution >= 0.6 is 0 Å². The van der Waals surface area contributed by atoms with Crippen molar-refractivity contribution >= 4 is 5.69 Å². The molecule has 1 aliphatic rings. The molecule has 0 saturated carbocycles. The average molecular weight is 284 g/mol. The van der Waals surface area contributed by atoms with E-state index in [1.165, 1.54) is 16.8 Å². The van der Waals surface area contributed by atoms with Crippen LogP contribution in [-0.2, 0) is 19.4 Å². The number of benzene rings is 1. The minimum Gasteiger partial charge on any atom is -0.382 e. The summed E-state index contributed by atoms with van der Waals surface area (Å²) in [5.41, 5.74) is 4.23. The molecule has 1 unspecified atom stereocenters. The monoisotopic (exact) mass is 284 g/mol. The summed E-state index contributed by atoms with van der Waals surface area (Å²) in [5, 5.41) is 7.02. The maximum Gasteiger partial charge on any atom is 0.0945 e. The molecule has 1 aliphatic heterocycles. The van der Waals surface area contributed by atoms with Crippen LogP contribution in [-0.4, -0.2) is 28.7 Å². The molecule has 1 aromatic heterocycles. The predicted octanol–water partition coefficient (Wildman–Crippen LogP) is 2.46. The van der Waals surface area contributed by atoms with Crippen molar-refractivity contribution in [2.24, 2.45) is 0 Å². The van der Waals surface area contributed by atoms with E-state index in [4.69, 9.17) is 0 Å². The summed E-state index contributed by atoms with van der Waals surface area (Å²) in [5.74, 6) is 0. The van der Waals surface area contributed by atoms with Gasteiger partial charge in [-0.05, 0) is 56.5 Å². The standard InChI is InChI=1S/C17H24N4/c1-14-11-16-12-15(3-4-17(16)20-14)5-7-18-6-2-9-21-10-8-19-13-21/h3-4,8,10,12-14,18,20H,2,5-7,9,11H2,1H3. The molecule has 2 heterocycles. The minimum atomic E-state index is 0.580. The van der Waals surface area contributed by atoms with Crippen molar-refractivity contribution in [2.45, 2.75) is 38.8 Å². The summed E-state index contributed by atoms with van der Waals surface area (Å²) in [6, 6.07) is 7.42. The van der Waals surface area contributed by atoms with Gasteiger partial charge in [0.15, 0.2) is 0 Å². The van der Waals surface area contributed by atoms with Crippen LogP contribution in [0, 0.1) is 0 Å². The average Bonchev–Trinajstić information content (AvgIpc) is 3.10. The highest BCUT2D eigenvalue weighted by Gasteiger charge is 2.16. The van der Waals surface area contributed by atoms with Gasteiger partial charge in [0, 0.05) is 30.7 Å². The maximum absolute atomic E-state index is 4.05. The number of nitrogens with one attached hydrogen (secondary N) is 2. The van der Waals surface area contributed by atoms with Crippen molar-refractivity contribution in [3.8, 4) is 0 Å². The van der Waals surface area contributed by atoms with Crippen molar-refractivity contribution in [2.75, 3.05) is 18.4 Å². The molecule has 4 nitrogen and oxygen atoms in total. The predicted molar refractivity (Wildman–Crippen MR) is 86.6 cm³/mol. The fraction of sp³-hybridized carbons (Fsp3) is 0.471. The molecule has 1 aromatic carbocycles. The quantitative estimate of drug-likeness (QED) is 0.768. The summed E-state index contributed by atoms with van der Waals surface area (Å²) in [6.07, 6.45) is 9.12. The Kier molecular flexibility index (Phi) is 4.55. The highest BCUT2D eigenvalue weighted by Crippen LogP contribution is 2.26. The SMILES string of the molecule is CC1Cc2cc(CCNCCCn3ccnc3)ccc2N1. The molecule has 3 rings (SSSR count). The van der Waals surface area contributed by atoms with E-state index in [-0.39, 0.29) is 0 Å². The Bertz CT molecular complexity index is 562. The van der Waals surface area contributed by atoms with Crippen molar-refractivity contribution in [3.05, 3.63) is 48.0 Å². The number of aryl methyl sites for hydroxylation is 1. The summed E-state index contributed by atoms with van der Waals surface area (Å²) < 4.78 is 2.12. The number of nitrogens with zero attached hydrogens (tertiary/aromatic N) is 2. The van der Waals surface area contributed by atoms with Crippen LogP contribution in [0.4, 0.5) is 5.69 Å². The van der Waals surface area contributed by atoms with E-state index >= 15 is 0 Å². The van der Waals surface area contributed by atoms with E-state index < -0.39 is 0 Å². The fourth-order valence-corrected chi connectivity index (χ4v) is 2.92. The molecular formula is C17H24N4. The molecule has 0 bridgehead atoms. The largest absolute Gasteiger partial charge is 0.382 e. The third kappa shape index (κ3) is 3.85. The lowest BCUT2D eigenvalue weighted by atomic mass is 10.0. The Hall–Kier alpha value is -1.81. The van der Waals surface area contributed by atoms with Crippen LogP contribution in [0.25, 0.3) is 0 Å². The van der Waals surface area contributed by atoms with Crippen molar-refractivity contribution in [1.82, 2.24) is 14.9 Å². The second-order valence-electron chi connectivity index (χ2n) is 5.90. The number of aromatic nitrogens is 2. The first kappa shape index (κ1) is 14.1. The lowest BCUT2D eigenvalue weighted by molar-refractivity contribution is 0.581. The second-order valence-corrected chi connectivity index (χ2v) is 5.90. The normalized spacial score (nSPS) is 16.7. The van der Waals surface area contributed by atoms with E-state index in [1.807, 2.05) is 18.7 Å². The van der Waals surface area contributed by atoms with Gasteiger partial charge in [-0.3, -0.25) is 0 Å². The number of hydrogen-bond acceptors (Lipinski definition) is 3. The van der Waals surface area contributed by atoms with Crippen molar-refractivity contribution < 1.29 is 0 Å². The summed E-state index contributed by atoms with van der Waals surface area (Å²) in [4.78, 5) is 4.05. The fourth-order valence-electron chi connectivity index (χ4n) is 2.92. The third-order valence-electron chi connectivity index (χ3n) is 4.02. The van der Waals surface area contributed by atoms with Gasteiger partial charge >= 0.3 is 0 Å². The molecule has 0 aliphatic carbocycles. The van der Waals surface area contributed by atoms with E-state index in [9.17, 15) is 0 Å². The van der Waals surface area contributed by atoms with E-state index in [0.29, 0.717) is 6.04 Å². The van der Waals surface area contributed by atoms with Gasteiger partial charge < -0.3 is 15.2 Å². The van der Waals surface area contributed by atoms with Crippen molar-refractivity contribution in [3.63, 3.8) is 0 Å². The number of hydrogen-bond donors (Lipinski definition) is 2. The zero-order valence-electron chi connectivity index (χ0n) is 12.7. The lowest BCUT2D eigenvalue weighted by Crippen LogP contribution is -2.19. The Labute approximate surface area is 126 Å². The Morgan fingerprint density at radius 1 is 1.38 bits per heavy atom. The van der Waals surface area contributed by atoms with Gasteiger partial charge in [0.1, 0.15) is 0 Å². The van der Waals surface area contributed by atoms with Gasteiger partial charge in [-0.25, -0.2) is 4.98 Å². The van der Waals surface area contributed by atoms with Crippen LogP contribution in [0.3, 0.4) is 0 Å². The summed E-state index contributed by atoms with van der Waals surface area (Å²) in [7, 11) is 0. The first-order valence-corrected chi connectivity index (χ1v) is 7.86. The van der Waals surface area contributed by atoms with Crippen LogP contribution in [0.2, 0.25) is 0 Å². The third-order valence-corrected chi connectivity index (χ3v) is 4.02. The number of rotatable bonds is 7. The molecule has 112 valence electrons. The lowest BCUT2D eigenvalue weighted by Gasteiger charge is -2.07. The van der Waals surface area contributed by atoms with Gasteiger partial charge in [-0.2, -0.15) is 0 Å². The van der Waals surface area contributed by atoms with Gasteiger partial charge in [0.2, 0.25) is 0 Å². The van der Waals surface area contributed by atoms with Crippen LogP contribution in [0.15, 0.2) is 36.9 Å². The molecule has 0 fully saturated rings. The molecule has 2 N–H and O–H groups in total. The first-order valence-electron chi connectivity index (χ1n) is 7.86. The highest BCUT2D eigenvalue weighted by molar-refractivity contribution is 5.57. The van der Waals surface area contributed by atoms with E-state index in [2.05, 4.69) is 45.3 Å². The summed E-state index contributed by atoms with van der Waals surface area (Å²) >= 11 is 0. The Morgan fingerprint density at radius 3 is 3.19 bits per heavy atom. The smallest absolute Gasteiger partial charge is 0.0945 e. The first-order chi connectivity index (χ1) is 10.3. The maximum atomic E-state index is 4.05.